The monoisotopic (exact) mass is 545 g/mol. The van der Waals surface area contributed by atoms with Gasteiger partial charge < -0.3 is 34.8 Å². The van der Waals surface area contributed by atoms with Gasteiger partial charge in [0.1, 0.15) is 41.2 Å². The zero-order valence-electron chi connectivity index (χ0n) is 22.0. The van der Waals surface area contributed by atoms with Crippen molar-refractivity contribution in [2.45, 2.75) is 30.1 Å². The summed E-state index contributed by atoms with van der Waals surface area (Å²) in [7, 11) is 3.21. The second kappa shape index (κ2) is 11.5. The third-order valence-electron chi connectivity index (χ3n) is 7.19. The molecule has 4 N–H and O–H groups in total. The van der Waals surface area contributed by atoms with E-state index in [0.717, 1.165) is 21.3 Å². The molecule has 10 nitrogen and oxygen atoms in total. The number of nitrogens with one attached hydrogen (secondary N) is 1. The summed E-state index contributed by atoms with van der Waals surface area (Å²) in [5.74, 6) is 1.66. The Hall–Kier alpha value is -4.22. The number of aromatic nitrogens is 2. The summed E-state index contributed by atoms with van der Waals surface area (Å²) in [5, 5.41) is 33.5. The van der Waals surface area contributed by atoms with Crippen molar-refractivity contribution in [3.05, 3.63) is 118 Å². The van der Waals surface area contributed by atoms with Crippen molar-refractivity contribution in [1.29, 1.82) is 0 Å². The van der Waals surface area contributed by atoms with Gasteiger partial charge in [-0.2, -0.15) is 4.98 Å². The predicted octanol–water partition coefficient (Wildman–Crippen LogP) is 2.28. The van der Waals surface area contributed by atoms with E-state index in [1.54, 1.807) is 20.3 Å². The number of methoxy groups -OCH3 is 2. The van der Waals surface area contributed by atoms with Gasteiger partial charge in [0.15, 0.2) is 6.23 Å². The Bertz CT molecular complexity index is 1430. The second-order valence-corrected chi connectivity index (χ2v) is 9.43. The van der Waals surface area contributed by atoms with Gasteiger partial charge in [-0.05, 0) is 47.0 Å². The number of benzene rings is 3. The smallest absolute Gasteiger partial charge is 0.351 e. The average Bonchev–Trinajstić information content (AvgIpc) is 3.29. The molecule has 10 heteroatoms. The maximum atomic E-state index is 13.2. The topological polar surface area (TPSA) is 135 Å². The molecule has 40 heavy (non-hydrogen) atoms. The third kappa shape index (κ3) is 4.93. The minimum atomic E-state index is -1.41. The van der Waals surface area contributed by atoms with Crippen LogP contribution in [0.15, 0.2) is 95.9 Å². The number of hydrogen-bond acceptors (Lipinski definition) is 9. The fourth-order valence-electron chi connectivity index (χ4n) is 5.06. The summed E-state index contributed by atoms with van der Waals surface area (Å²) in [6.45, 7) is -0.500. The van der Waals surface area contributed by atoms with Gasteiger partial charge in [-0.25, -0.2) is 4.79 Å². The summed E-state index contributed by atoms with van der Waals surface area (Å²) in [4.78, 5) is 17.4. The molecule has 0 radical (unpaired) electrons. The lowest BCUT2D eigenvalue weighted by Crippen LogP contribution is -2.40. The highest BCUT2D eigenvalue weighted by atomic mass is 16.6. The van der Waals surface area contributed by atoms with Crippen LogP contribution in [-0.2, 0) is 10.3 Å². The summed E-state index contributed by atoms with van der Waals surface area (Å²) in [5.41, 5.74) is 0.914. The lowest BCUT2D eigenvalue weighted by Gasteiger charge is -2.37. The van der Waals surface area contributed by atoms with E-state index in [-0.39, 0.29) is 5.82 Å². The minimum absolute atomic E-state index is 0.267. The first-order valence-electron chi connectivity index (χ1n) is 12.8. The molecule has 1 aliphatic heterocycles. The number of hydrogen-bond donors (Lipinski definition) is 4. The molecule has 3 aromatic carbocycles. The van der Waals surface area contributed by atoms with Crippen LogP contribution in [0, 0.1) is 0 Å². The Kier molecular flexibility index (Phi) is 7.85. The fraction of sp³-hybridized carbons (Fsp3) is 0.267. The SMILES string of the molecule is COc1ccc(C(Nc2ccn([C@@H]3O[C@H](CO)[C@@H](O)[C@@H]3O)c(=O)n2)(c2ccccc2)c2ccc(OC)cc2)cc1. The van der Waals surface area contributed by atoms with Crippen molar-refractivity contribution in [1.82, 2.24) is 9.55 Å². The molecule has 1 aromatic heterocycles. The molecule has 0 bridgehead atoms. The molecular formula is C30H31N3O7. The van der Waals surface area contributed by atoms with Gasteiger partial charge >= 0.3 is 5.69 Å². The lowest BCUT2D eigenvalue weighted by atomic mass is 9.77. The molecule has 4 atom stereocenters. The molecule has 4 aromatic rings. The quantitative estimate of drug-likeness (QED) is 0.234. The number of nitrogens with zero attached hydrogens (tertiary/aromatic N) is 2. The summed E-state index contributed by atoms with van der Waals surface area (Å²) in [6.07, 6.45) is -3.51. The van der Waals surface area contributed by atoms with E-state index in [0.29, 0.717) is 11.5 Å². The lowest BCUT2D eigenvalue weighted by molar-refractivity contribution is -0.0549. The van der Waals surface area contributed by atoms with E-state index in [9.17, 15) is 20.1 Å². The van der Waals surface area contributed by atoms with Crippen molar-refractivity contribution < 1.29 is 29.5 Å². The van der Waals surface area contributed by atoms with Crippen LogP contribution in [0.5, 0.6) is 11.5 Å². The second-order valence-electron chi connectivity index (χ2n) is 9.43. The zero-order valence-corrected chi connectivity index (χ0v) is 22.0. The van der Waals surface area contributed by atoms with Crippen molar-refractivity contribution in [3.63, 3.8) is 0 Å². The zero-order chi connectivity index (χ0) is 28.3. The fourth-order valence-corrected chi connectivity index (χ4v) is 5.06. The standard InChI is InChI=1S/C30H31N3O7/c1-38-22-12-8-20(9-13-22)30(19-6-4-3-5-7-19,21-10-14-23(39-2)15-11-21)32-25-16-17-33(29(37)31-25)28-27(36)26(35)24(18-34)40-28/h3-17,24,26-28,34-36H,18H2,1-2H3,(H,31,32,37)/t24-,26-,27+,28-/m1/s1. The molecule has 5 rings (SSSR count). The van der Waals surface area contributed by atoms with Crippen LogP contribution in [0.2, 0.25) is 0 Å². The van der Waals surface area contributed by atoms with Crippen LogP contribution in [0.3, 0.4) is 0 Å². The average molecular weight is 546 g/mol. The van der Waals surface area contributed by atoms with Crippen molar-refractivity contribution >= 4 is 5.82 Å². The van der Waals surface area contributed by atoms with Gasteiger partial charge in [-0.3, -0.25) is 4.57 Å². The molecule has 0 saturated carbocycles. The van der Waals surface area contributed by atoms with Gasteiger partial charge in [-0.15, -0.1) is 0 Å². The Morgan fingerprint density at radius 3 is 1.88 bits per heavy atom. The van der Waals surface area contributed by atoms with E-state index in [1.807, 2.05) is 78.9 Å². The first kappa shape index (κ1) is 27.4. The first-order chi connectivity index (χ1) is 19.4. The number of aliphatic hydroxyl groups is 3. The van der Waals surface area contributed by atoms with Crippen LogP contribution in [0.1, 0.15) is 22.9 Å². The number of rotatable bonds is 9. The number of ether oxygens (including phenoxy) is 3. The number of anilines is 1. The van der Waals surface area contributed by atoms with Gasteiger partial charge in [0.2, 0.25) is 0 Å². The normalized spacial score (nSPS) is 20.7. The molecular weight excluding hydrogens is 514 g/mol. The Morgan fingerprint density at radius 2 is 1.40 bits per heavy atom. The Balaban J connectivity index is 1.63. The summed E-state index contributed by atoms with van der Waals surface area (Å²) >= 11 is 0. The van der Waals surface area contributed by atoms with Crippen LogP contribution in [-0.4, -0.2) is 64.0 Å². The summed E-state index contributed by atoms with van der Waals surface area (Å²) in [6, 6.07) is 26.6. The van der Waals surface area contributed by atoms with Gasteiger partial charge in [0.05, 0.1) is 20.8 Å². The third-order valence-corrected chi connectivity index (χ3v) is 7.19. The molecule has 1 saturated heterocycles. The minimum Gasteiger partial charge on any atom is -0.497 e. The molecule has 0 unspecified atom stereocenters. The van der Waals surface area contributed by atoms with Gasteiger partial charge in [-0.1, -0.05) is 54.6 Å². The largest absolute Gasteiger partial charge is 0.497 e. The molecule has 0 spiro atoms. The van der Waals surface area contributed by atoms with Crippen LogP contribution >= 0.6 is 0 Å². The molecule has 208 valence electrons. The van der Waals surface area contributed by atoms with Crippen molar-refractivity contribution in [2.24, 2.45) is 0 Å². The molecule has 0 aliphatic carbocycles. The first-order valence-corrected chi connectivity index (χ1v) is 12.8. The van der Waals surface area contributed by atoms with E-state index in [1.165, 1.54) is 6.20 Å². The van der Waals surface area contributed by atoms with E-state index >= 15 is 0 Å². The predicted molar refractivity (Wildman–Crippen MR) is 147 cm³/mol. The van der Waals surface area contributed by atoms with Crippen LogP contribution in [0.25, 0.3) is 0 Å². The van der Waals surface area contributed by atoms with E-state index < -0.39 is 42.4 Å². The van der Waals surface area contributed by atoms with Crippen LogP contribution in [0.4, 0.5) is 5.82 Å². The summed E-state index contributed by atoms with van der Waals surface area (Å²) < 4.78 is 17.4. The van der Waals surface area contributed by atoms with E-state index in [4.69, 9.17) is 14.2 Å². The highest BCUT2D eigenvalue weighted by Crippen LogP contribution is 2.41. The van der Waals surface area contributed by atoms with Gasteiger partial charge in [0, 0.05) is 6.20 Å². The highest BCUT2D eigenvalue weighted by Gasteiger charge is 2.44. The molecule has 1 fully saturated rings. The van der Waals surface area contributed by atoms with Crippen molar-refractivity contribution in [2.75, 3.05) is 26.1 Å². The van der Waals surface area contributed by atoms with E-state index in [2.05, 4.69) is 10.3 Å². The van der Waals surface area contributed by atoms with Crippen LogP contribution < -0.4 is 20.5 Å². The maximum absolute atomic E-state index is 13.2. The Morgan fingerprint density at radius 1 is 0.850 bits per heavy atom. The maximum Gasteiger partial charge on any atom is 0.351 e. The number of aliphatic hydroxyl groups excluding tert-OH is 3. The Labute approximate surface area is 231 Å². The molecule has 0 amide bonds. The van der Waals surface area contributed by atoms with Gasteiger partial charge in [0.25, 0.3) is 0 Å². The van der Waals surface area contributed by atoms with Crippen molar-refractivity contribution in [3.8, 4) is 11.5 Å². The highest BCUT2D eigenvalue weighted by molar-refractivity contribution is 5.59. The molecule has 2 heterocycles. The molecule has 1 aliphatic rings.